The molecular weight excluding hydrogens is 178 g/mol. The first-order valence-electron chi connectivity index (χ1n) is 4.42. The predicted molar refractivity (Wildman–Crippen MR) is 53.3 cm³/mol. The molecule has 5 nitrogen and oxygen atoms in total. The van der Waals surface area contributed by atoms with Crippen LogP contribution >= 0.6 is 0 Å². The smallest absolute Gasteiger partial charge is 0.182 e. The summed E-state index contributed by atoms with van der Waals surface area (Å²) in [5.74, 6) is 1.24. The lowest BCUT2D eigenvalue weighted by molar-refractivity contribution is 0.764. The summed E-state index contributed by atoms with van der Waals surface area (Å²) in [6, 6.07) is 5.47. The molecule has 0 bridgehead atoms. The van der Waals surface area contributed by atoms with Crippen LogP contribution in [0.4, 0.5) is 5.82 Å². The summed E-state index contributed by atoms with van der Waals surface area (Å²) in [4.78, 5) is 4.18. The zero-order valence-electron chi connectivity index (χ0n) is 7.88. The first kappa shape index (κ1) is 8.68. The van der Waals surface area contributed by atoms with Crippen LogP contribution < -0.4 is 5.73 Å². The van der Waals surface area contributed by atoms with E-state index in [9.17, 15) is 0 Å². The Morgan fingerprint density at radius 2 is 2.29 bits per heavy atom. The molecular formula is C9H11N5. The average molecular weight is 189 g/mol. The molecule has 0 aliphatic rings. The molecule has 0 atom stereocenters. The second kappa shape index (κ2) is 3.45. The molecule has 0 saturated carbocycles. The van der Waals surface area contributed by atoms with Gasteiger partial charge in [-0.25, -0.2) is 4.98 Å². The molecule has 14 heavy (non-hydrogen) atoms. The Morgan fingerprint density at radius 3 is 3.00 bits per heavy atom. The lowest BCUT2D eigenvalue weighted by Gasteiger charge is -2.02. The number of pyridine rings is 1. The Kier molecular flexibility index (Phi) is 2.14. The van der Waals surface area contributed by atoms with E-state index < -0.39 is 0 Å². The molecule has 72 valence electrons. The maximum atomic E-state index is 5.59. The van der Waals surface area contributed by atoms with Crippen molar-refractivity contribution in [1.82, 2.24) is 19.7 Å². The molecule has 0 aliphatic carbocycles. The average Bonchev–Trinajstić information content (AvgIpc) is 2.65. The molecule has 2 N–H and O–H groups in total. The van der Waals surface area contributed by atoms with Crippen molar-refractivity contribution in [2.45, 2.75) is 13.5 Å². The fourth-order valence-electron chi connectivity index (χ4n) is 1.26. The van der Waals surface area contributed by atoms with Gasteiger partial charge in [0.1, 0.15) is 17.8 Å². The van der Waals surface area contributed by atoms with Crippen LogP contribution in [-0.2, 0) is 6.54 Å². The van der Waals surface area contributed by atoms with Crippen molar-refractivity contribution >= 4 is 5.82 Å². The highest BCUT2D eigenvalue weighted by molar-refractivity contribution is 5.52. The number of hydrogen-bond acceptors (Lipinski definition) is 4. The van der Waals surface area contributed by atoms with Crippen LogP contribution in [0.15, 0.2) is 24.5 Å². The summed E-state index contributed by atoms with van der Waals surface area (Å²) in [5, 5.41) is 7.82. The van der Waals surface area contributed by atoms with Crippen LogP contribution in [0.3, 0.4) is 0 Å². The summed E-state index contributed by atoms with van der Waals surface area (Å²) in [6.45, 7) is 2.85. The van der Waals surface area contributed by atoms with Gasteiger partial charge in [0.25, 0.3) is 0 Å². The van der Waals surface area contributed by atoms with Crippen molar-refractivity contribution in [2.75, 3.05) is 5.73 Å². The van der Waals surface area contributed by atoms with Crippen LogP contribution in [0, 0.1) is 0 Å². The minimum atomic E-state index is 0.494. The number of hydrogen-bond donors (Lipinski definition) is 1. The Hall–Kier alpha value is -1.91. The maximum absolute atomic E-state index is 5.59. The standard InChI is InChI=1S/C9H11N5/c1-2-14-6-11-13-9(14)7-4-3-5-8(10)12-7/h3-6H,2H2,1H3,(H2,10,12). The van der Waals surface area contributed by atoms with Crippen molar-refractivity contribution in [1.29, 1.82) is 0 Å². The summed E-state index contributed by atoms with van der Waals surface area (Å²) in [7, 11) is 0. The molecule has 2 heterocycles. The first-order chi connectivity index (χ1) is 6.81. The van der Waals surface area contributed by atoms with Gasteiger partial charge in [0.2, 0.25) is 0 Å². The van der Waals surface area contributed by atoms with E-state index in [1.165, 1.54) is 0 Å². The Balaban J connectivity index is 2.49. The predicted octanol–water partition coefficient (Wildman–Crippen LogP) is 0.942. The van der Waals surface area contributed by atoms with Gasteiger partial charge in [-0.05, 0) is 19.1 Å². The third kappa shape index (κ3) is 1.44. The van der Waals surface area contributed by atoms with Crippen LogP contribution in [0.5, 0.6) is 0 Å². The number of rotatable bonds is 2. The van der Waals surface area contributed by atoms with E-state index in [1.54, 1.807) is 12.4 Å². The van der Waals surface area contributed by atoms with E-state index in [0.717, 1.165) is 18.1 Å². The number of aryl methyl sites for hydroxylation is 1. The fourth-order valence-corrected chi connectivity index (χ4v) is 1.26. The van der Waals surface area contributed by atoms with E-state index in [0.29, 0.717) is 5.82 Å². The lowest BCUT2D eigenvalue weighted by atomic mass is 10.3. The van der Waals surface area contributed by atoms with E-state index >= 15 is 0 Å². The summed E-state index contributed by atoms with van der Waals surface area (Å²) >= 11 is 0. The molecule has 0 unspecified atom stereocenters. The number of nitrogens with two attached hydrogens (primary N) is 1. The number of anilines is 1. The number of nitrogens with zero attached hydrogens (tertiary/aromatic N) is 4. The third-order valence-corrected chi connectivity index (χ3v) is 1.96. The van der Waals surface area contributed by atoms with Crippen LogP contribution in [0.2, 0.25) is 0 Å². The van der Waals surface area contributed by atoms with Crippen molar-refractivity contribution in [3.63, 3.8) is 0 Å². The van der Waals surface area contributed by atoms with Crippen molar-refractivity contribution in [3.8, 4) is 11.5 Å². The zero-order valence-corrected chi connectivity index (χ0v) is 7.88. The highest BCUT2D eigenvalue weighted by atomic mass is 15.3. The molecule has 0 radical (unpaired) electrons. The molecule has 5 heteroatoms. The number of nitrogen functional groups attached to an aromatic ring is 1. The summed E-state index contributed by atoms with van der Waals surface area (Å²) < 4.78 is 1.92. The summed E-state index contributed by atoms with van der Waals surface area (Å²) in [5.41, 5.74) is 6.34. The fraction of sp³-hybridized carbons (Fsp3) is 0.222. The van der Waals surface area contributed by atoms with Gasteiger partial charge in [-0.2, -0.15) is 0 Å². The monoisotopic (exact) mass is 189 g/mol. The van der Waals surface area contributed by atoms with Crippen molar-refractivity contribution in [2.24, 2.45) is 0 Å². The van der Waals surface area contributed by atoms with E-state index in [-0.39, 0.29) is 0 Å². The third-order valence-electron chi connectivity index (χ3n) is 1.96. The molecule has 2 rings (SSSR count). The van der Waals surface area contributed by atoms with Gasteiger partial charge < -0.3 is 10.3 Å². The minimum absolute atomic E-state index is 0.494. The quantitative estimate of drug-likeness (QED) is 0.763. The molecule has 0 amide bonds. The van der Waals surface area contributed by atoms with Crippen molar-refractivity contribution in [3.05, 3.63) is 24.5 Å². The molecule has 0 fully saturated rings. The van der Waals surface area contributed by atoms with Crippen molar-refractivity contribution < 1.29 is 0 Å². The van der Waals surface area contributed by atoms with E-state index in [1.807, 2.05) is 23.6 Å². The van der Waals surface area contributed by atoms with Crippen LogP contribution in [0.1, 0.15) is 6.92 Å². The zero-order chi connectivity index (χ0) is 9.97. The topological polar surface area (TPSA) is 69.6 Å². The van der Waals surface area contributed by atoms with E-state index in [4.69, 9.17) is 5.73 Å². The van der Waals surface area contributed by atoms with Gasteiger partial charge in [0.05, 0.1) is 0 Å². The molecule has 0 saturated heterocycles. The van der Waals surface area contributed by atoms with Gasteiger partial charge in [0, 0.05) is 6.54 Å². The SMILES string of the molecule is CCn1cnnc1-c1cccc(N)n1. The normalized spacial score (nSPS) is 10.4. The van der Waals surface area contributed by atoms with Crippen LogP contribution in [0.25, 0.3) is 11.5 Å². The Morgan fingerprint density at radius 1 is 1.43 bits per heavy atom. The Labute approximate surface area is 81.6 Å². The second-order valence-corrected chi connectivity index (χ2v) is 2.89. The molecule has 0 aromatic carbocycles. The highest BCUT2D eigenvalue weighted by Gasteiger charge is 2.06. The van der Waals surface area contributed by atoms with Gasteiger partial charge in [0.15, 0.2) is 5.82 Å². The molecule has 0 aliphatic heterocycles. The molecule has 2 aromatic rings. The van der Waals surface area contributed by atoms with Crippen LogP contribution in [-0.4, -0.2) is 19.7 Å². The van der Waals surface area contributed by atoms with Gasteiger partial charge in [-0.1, -0.05) is 6.07 Å². The Bertz CT molecular complexity index is 434. The molecule has 2 aromatic heterocycles. The maximum Gasteiger partial charge on any atom is 0.182 e. The summed E-state index contributed by atoms with van der Waals surface area (Å²) in [6.07, 6.45) is 1.68. The second-order valence-electron chi connectivity index (χ2n) is 2.89. The highest BCUT2D eigenvalue weighted by Crippen LogP contribution is 2.14. The first-order valence-corrected chi connectivity index (χ1v) is 4.42. The minimum Gasteiger partial charge on any atom is -0.384 e. The van der Waals surface area contributed by atoms with E-state index in [2.05, 4.69) is 15.2 Å². The lowest BCUT2D eigenvalue weighted by Crippen LogP contribution is -1.99. The van der Waals surface area contributed by atoms with Gasteiger partial charge >= 0.3 is 0 Å². The van der Waals surface area contributed by atoms with Gasteiger partial charge in [-0.15, -0.1) is 10.2 Å². The number of aromatic nitrogens is 4. The van der Waals surface area contributed by atoms with Gasteiger partial charge in [-0.3, -0.25) is 0 Å². The molecule has 0 spiro atoms. The largest absolute Gasteiger partial charge is 0.384 e.